The number of halogens is 1. The van der Waals surface area contributed by atoms with Gasteiger partial charge < -0.3 is 10.6 Å². The van der Waals surface area contributed by atoms with Crippen LogP contribution in [0.3, 0.4) is 0 Å². The number of aryl methyl sites for hydroxylation is 2. The molecular formula is C18H19ClN2O. The minimum Gasteiger partial charge on any atom is -0.374 e. The molecule has 0 aliphatic heterocycles. The fraction of sp³-hybridized carbons (Fsp3) is 0.278. The lowest BCUT2D eigenvalue weighted by Gasteiger charge is -2.16. The number of anilines is 2. The van der Waals surface area contributed by atoms with Gasteiger partial charge in [-0.15, -0.1) is 0 Å². The van der Waals surface area contributed by atoms with Crippen LogP contribution in [0.25, 0.3) is 0 Å². The largest absolute Gasteiger partial charge is 0.374 e. The van der Waals surface area contributed by atoms with Gasteiger partial charge in [0.25, 0.3) is 0 Å². The summed E-state index contributed by atoms with van der Waals surface area (Å²) in [6.45, 7) is 1.86. The van der Waals surface area contributed by atoms with Gasteiger partial charge in [0.1, 0.15) is 6.04 Å². The molecule has 2 aromatic carbocycles. The first kappa shape index (κ1) is 14.9. The van der Waals surface area contributed by atoms with Gasteiger partial charge in [-0.2, -0.15) is 0 Å². The Hall–Kier alpha value is -2.00. The summed E-state index contributed by atoms with van der Waals surface area (Å²) in [5, 5.41) is 6.80. The zero-order chi connectivity index (χ0) is 15.5. The molecule has 4 heteroatoms. The summed E-state index contributed by atoms with van der Waals surface area (Å²) in [4.78, 5) is 12.2. The van der Waals surface area contributed by atoms with Crippen molar-refractivity contribution in [3.63, 3.8) is 0 Å². The van der Waals surface area contributed by atoms with Crippen LogP contribution in [0.1, 0.15) is 24.5 Å². The molecule has 3 nitrogen and oxygen atoms in total. The van der Waals surface area contributed by atoms with E-state index in [1.807, 2.05) is 6.92 Å². The van der Waals surface area contributed by atoms with Gasteiger partial charge in [-0.05, 0) is 73.7 Å². The summed E-state index contributed by atoms with van der Waals surface area (Å²) in [7, 11) is 0. The van der Waals surface area contributed by atoms with Crippen LogP contribution in [0.5, 0.6) is 0 Å². The first-order chi connectivity index (χ1) is 10.6. The van der Waals surface area contributed by atoms with E-state index in [1.165, 1.54) is 24.0 Å². The summed E-state index contributed by atoms with van der Waals surface area (Å²) in [6.07, 6.45) is 3.53. The number of benzene rings is 2. The van der Waals surface area contributed by atoms with Crippen molar-refractivity contribution in [2.75, 3.05) is 10.6 Å². The average Bonchev–Trinajstić information content (AvgIpc) is 2.97. The lowest BCUT2D eigenvalue weighted by atomic mass is 10.1. The number of carbonyl (C=O) groups is 1. The molecule has 114 valence electrons. The maximum absolute atomic E-state index is 12.2. The molecule has 2 N–H and O–H groups in total. The van der Waals surface area contributed by atoms with Crippen molar-refractivity contribution in [2.24, 2.45) is 0 Å². The quantitative estimate of drug-likeness (QED) is 0.885. The second-order valence-corrected chi connectivity index (χ2v) is 6.14. The first-order valence-electron chi connectivity index (χ1n) is 7.56. The summed E-state index contributed by atoms with van der Waals surface area (Å²) in [5.74, 6) is -0.0668. The maximum atomic E-state index is 12.2. The topological polar surface area (TPSA) is 41.1 Å². The highest BCUT2D eigenvalue weighted by molar-refractivity contribution is 6.30. The van der Waals surface area contributed by atoms with Gasteiger partial charge in [-0.3, -0.25) is 4.79 Å². The second-order valence-electron chi connectivity index (χ2n) is 5.70. The molecule has 2 aromatic rings. The van der Waals surface area contributed by atoms with Crippen molar-refractivity contribution in [3.8, 4) is 0 Å². The summed E-state index contributed by atoms with van der Waals surface area (Å²) < 4.78 is 0. The SMILES string of the molecule is C[C@H](Nc1ccc2c(c1)CCC2)C(=O)Nc1ccc(Cl)cc1. The Balaban J connectivity index is 1.62. The van der Waals surface area contributed by atoms with Gasteiger partial charge in [0.05, 0.1) is 0 Å². The third-order valence-electron chi connectivity index (χ3n) is 3.99. The van der Waals surface area contributed by atoms with E-state index < -0.39 is 0 Å². The molecule has 0 heterocycles. The lowest BCUT2D eigenvalue weighted by molar-refractivity contribution is -0.116. The number of nitrogens with one attached hydrogen (secondary N) is 2. The van der Waals surface area contributed by atoms with E-state index in [1.54, 1.807) is 24.3 Å². The Morgan fingerprint density at radius 1 is 1.05 bits per heavy atom. The predicted molar refractivity (Wildman–Crippen MR) is 91.6 cm³/mol. The Morgan fingerprint density at radius 3 is 2.50 bits per heavy atom. The highest BCUT2D eigenvalue weighted by atomic mass is 35.5. The molecule has 0 saturated carbocycles. The summed E-state index contributed by atoms with van der Waals surface area (Å²) in [5.41, 5.74) is 4.58. The monoisotopic (exact) mass is 314 g/mol. The first-order valence-corrected chi connectivity index (χ1v) is 7.94. The molecule has 1 aliphatic rings. The van der Waals surface area contributed by atoms with E-state index in [0.29, 0.717) is 5.02 Å². The number of amides is 1. The third kappa shape index (κ3) is 3.42. The van der Waals surface area contributed by atoms with Crippen molar-refractivity contribution >= 4 is 28.9 Å². The van der Waals surface area contributed by atoms with Gasteiger partial charge in [-0.1, -0.05) is 17.7 Å². The van der Waals surface area contributed by atoms with E-state index in [-0.39, 0.29) is 11.9 Å². The van der Waals surface area contributed by atoms with Crippen LogP contribution < -0.4 is 10.6 Å². The minimum atomic E-state index is -0.310. The maximum Gasteiger partial charge on any atom is 0.246 e. The fourth-order valence-corrected chi connectivity index (χ4v) is 2.89. The normalized spacial score (nSPS) is 14.3. The van der Waals surface area contributed by atoms with Gasteiger partial charge >= 0.3 is 0 Å². The zero-order valence-corrected chi connectivity index (χ0v) is 13.3. The van der Waals surface area contributed by atoms with Crippen LogP contribution in [0, 0.1) is 0 Å². The van der Waals surface area contributed by atoms with Crippen LogP contribution in [0.2, 0.25) is 5.02 Å². The van der Waals surface area contributed by atoms with Crippen LogP contribution in [0.15, 0.2) is 42.5 Å². The molecule has 1 amide bonds. The molecule has 0 fully saturated rings. The molecule has 0 unspecified atom stereocenters. The molecule has 3 rings (SSSR count). The number of hydrogen-bond acceptors (Lipinski definition) is 2. The van der Waals surface area contributed by atoms with Crippen molar-refractivity contribution in [1.82, 2.24) is 0 Å². The van der Waals surface area contributed by atoms with E-state index >= 15 is 0 Å². The van der Waals surface area contributed by atoms with Crippen LogP contribution >= 0.6 is 11.6 Å². The Morgan fingerprint density at radius 2 is 1.73 bits per heavy atom. The van der Waals surface area contributed by atoms with Gasteiger partial charge in [0, 0.05) is 16.4 Å². The van der Waals surface area contributed by atoms with Gasteiger partial charge in [0.15, 0.2) is 0 Å². The van der Waals surface area contributed by atoms with Gasteiger partial charge in [-0.25, -0.2) is 0 Å². The Bertz CT molecular complexity index is 682. The number of rotatable bonds is 4. The van der Waals surface area contributed by atoms with E-state index in [2.05, 4.69) is 28.8 Å². The molecule has 1 atom stereocenters. The van der Waals surface area contributed by atoms with Crippen molar-refractivity contribution < 1.29 is 4.79 Å². The van der Waals surface area contributed by atoms with Gasteiger partial charge in [0.2, 0.25) is 5.91 Å². The lowest BCUT2D eigenvalue weighted by Crippen LogP contribution is -2.31. The molecular weight excluding hydrogens is 296 g/mol. The molecule has 0 aromatic heterocycles. The van der Waals surface area contributed by atoms with Crippen molar-refractivity contribution in [2.45, 2.75) is 32.2 Å². The number of fused-ring (bicyclic) bond motifs is 1. The fourth-order valence-electron chi connectivity index (χ4n) is 2.76. The highest BCUT2D eigenvalue weighted by Gasteiger charge is 2.15. The molecule has 0 saturated heterocycles. The van der Waals surface area contributed by atoms with E-state index in [9.17, 15) is 4.79 Å². The summed E-state index contributed by atoms with van der Waals surface area (Å²) in [6, 6.07) is 13.2. The smallest absolute Gasteiger partial charge is 0.246 e. The molecule has 22 heavy (non-hydrogen) atoms. The van der Waals surface area contributed by atoms with E-state index in [0.717, 1.165) is 17.8 Å². The zero-order valence-electron chi connectivity index (χ0n) is 12.5. The Kier molecular flexibility index (Phi) is 4.34. The molecule has 0 bridgehead atoms. The standard InChI is InChI=1S/C18H19ClN2O/c1-12(18(22)21-16-9-6-15(19)7-10-16)20-17-8-5-13-3-2-4-14(13)11-17/h5-12,20H,2-4H2,1H3,(H,21,22)/t12-/m0/s1. The van der Waals surface area contributed by atoms with Crippen LogP contribution in [-0.4, -0.2) is 11.9 Å². The summed E-state index contributed by atoms with van der Waals surface area (Å²) >= 11 is 5.84. The predicted octanol–water partition coefficient (Wildman–Crippen LogP) is 4.27. The second kappa shape index (κ2) is 6.41. The number of carbonyl (C=O) groups excluding carboxylic acids is 1. The minimum absolute atomic E-state index is 0.0668. The Labute approximate surface area is 135 Å². The van der Waals surface area contributed by atoms with Crippen molar-refractivity contribution in [3.05, 3.63) is 58.6 Å². The average molecular weight is 315 g/mol. The third-order valence-corrected chi connectivity index (χ3v) is 4.24. The van der Waals surface area contributed by atoms with Crippen molar-refractivity contribution in [1.29, 1.82) is 0 Å². The van der Waals surface area contributed by atoms with Crippen LogP contribution in [0.4, 0.5) is 11.4 Å². The van der Waals surface area contributed by atoms with E-state index in [4.69, 9.17) is 11.6 Å². The molecule has 0 spiro atoms. The molecule has 1 aliphatic carbocycles. The van der Waals surface area contributed by atoms with Crippen LogP contribution in [-0.2, 0) is 17.6 Å². The number of hydrogen-bond donors (Lipinski definition) is 2. The molecule has 0 radical (unpaired) electrons. The highest BCUT2D eigenvalue weighted by Crippen LogP contribution is 2.25.